The summed E-state index contributed by atoms with van der Waals surface area (Å²) >= 11 is 0. The van der Waals surface area contributed by atoms with Crippen molar-refractivity contribution >= 4 is 15.7 Å². The molecule has 1 aromatic carbocycles. The smallest absolute Gasteiger partial charge is 0.232 e. The lowest BCUT2D eigenvalue weighted by atomic mass is 10.2. The van der Waals surface area contributed by atoms with Crippen LogP contribution in [-0.2, 0) is 10.0 Å². The molecule has 5 heteroatoms. The summed E-state index contributed by atoms with van der Waals surface area (Å²) < 4.78 is 30.3. The van der Waals surface area contributed by atoms with Gasteiger partial charge in [0, 0.05) is 0 Å². The van der Waals surface area contributed by atoms with Crippen molar-refractivity contribution in [1.82, 2.24) is 0 Å². The van der Waals surface area contributed by atoms with Crippen LogP contribution in [0, 0.1) is 6.92 Å². The van der Waals surface area contributed by atoms with E-state index in [4.69, 9.17) is 4.74 Å². The van der Waals surface area contributed by atoms with Gasteiger partial charge in [0.05, 0.1) is 18.5 Å². The van der Waals surface area contributed by atoms with E-state index in [2.05, 4.69) is 0 Å². The highest BCUT2D eigenvalue weighted by Crippen LogP contribution is 2.35. The van der Waals surface area contributed by atoms with Gasteiger partial charge in [0.1, 0.15) is 11.9 Å². The van der Waals surface area contributed by atoms with E-state index in [0.717, 1.165) is 5.56 Å². The summed E-state index contributed by atoms with van der Waals surface area (Å²) in [6.07, 6.45) is 1.10. The Kier molecular flexibility index (Phi) is 2.58. The van der Waals surface area contributed by atoms with Gasteiger partial charge in [-0.1, -0.05) is 6.07 Å². The second kappa shape index (κ2) is 3.66. The Hall–Kier alpha value is -1.23. The molecule has 1 aromatic rings. The van der Waals surface area contributed by atoms with Crippen LogP contribution in [0.15, 0.2) is 18.2 Å². The number of aryl methyl sites for hydroxylation is 1. The second-order valence-electron chi connectivity index (χ2n) is 4.19. The number of hydrogen-bond donors (Lipinski definition) is 0. The van der Waals surface area contributed by atoms with Crippen LogP contribution in [0.3, 0.4) is 0 Å². The summed E-state index contributed by atoms with van der Waals surface area (Å²) in [6, 6.07) is 5.54. The zero-order valence-corrected chi connectivity index (χ0v) is 10.4. The molecular weight excluding hydrogens is 226 g/mol. The number of rotatable bonds is 1. The first-order chi connectivity index (χ1) is 7.38. The maximum absolute atomic E-state index is 11.6. The van der Waals surface area contributed by atoms with Crippen molar-refractivity contribution in [3.8, 4) is 5.75 Å². The monoisotopic (exact) mass is 241 g/mol. The fourth-order valence-corrected chi connectivity index (χ4v) is 2.81. The van der Waals surface area contributed by atoms with E-state index < -0.39 is 10.0 Å². The topological polar surface area (TPSA) is 46.6 Å². The van der Waals surface area contributed by atoms with E-state index in [1.54, 1.807) is 6.07 Å². The van der Waals surface area contributed by atoms with Gasteiger partial charge in [0.15, 0.2) is 0 Å². The number of anilines is 1. The third-order valence-corrected chi connectivity index (χ3v) is 3.68. The molecule has 0 bridgehead atoms. The molecule has 0 N–H and O–H groups in total. The summed E-state index contributed by atoms with van der Waals surface area (Å²) in [7, 11) is -3.23. The minimum absolute atomic E-state index is 0.121. The van der Waals surface area contributed by atoms with Crippen LogP contribution >= 0.6 is 0 Å². The van der Waals surface area contributed by atoms with E-state index in [-0.39, 0.29) is 6.10 Å². The van der Waals surface area contributed by atoms with E-state index in [0.29, 0.717) is 18.0 Å². The SMILES string of the molecule is Cc1ccc2c(c1)OC(C)CN2S(C)(=O)=O. The maximum atomic E-state index is 11.6. The van der Waals surface area contributed by atoms with Crippen LogP contribution < -0.4 is 9.04 Å². The lowest BCUT2D eigenvalue weighted by Gasteiger charge is -2.33. The molecule has 1 unspecified atom stereocenters. The maximum Gasteiger partial charge on any atom is 0.232 e. The third kappa shape index (κ3) is 2.00. The van der Waals surface area contributed by atoms with Crippen molar-refractivity contribution < 1.29 is 13.2 Å². The first kappa shape index (κ1) is 11.3. The van der Waals surface area contributed by atoms with Crippen LogP contribution in [0.2, 0.25) is 0 Å². The molecule has 88 valence electrons. The molecule has 1 aliphatic heterocycles. The Bertz CT molecular complexity index is 510. The molecule has 0 aromatic heterocycles. The molecule has 2 rings (SSSR count). The third-order valence-electron chi connectivity index (χ3n) is 2.54. The lowest BCUT2D eigenvalue weighted by molar-refractivity contribution is 0.219. The molecule has 0 radical (unpaired) electrons. The van der Waals surface area contributed by atoms with Crippen LogP contribution in [0.25, 0.3) is 0 Å². The highest BCUT2D eigenvalue weighted by atomic mass is 32.2. The summed E-state index contributed by atoms with van der Waals surface area (Å²) in [5, 5.41) is 0. The molecule has 4 nitrogen and oxygen atoms in total. The Morgan fingerprint density at radius 1 is 1.44 bits per heavy atom. The fraction of sp³-hybridized carbons (Fsp3) is 0.455. The summed E-state index contributed by atoms with van der Waals surface area (Å²) in [6.45, 7) is 4.19. The molecule has 0 saturated heterocycles. The normalized spacial score (nSPS) is 20.2. The van der Waals surface area contributed by atoms with Gasteiger partial charge in [-0.05, 0) is 31.5 Å². The van der Waals surface area contributed by atoms with Crippen molar-refractivity contribution in [3.05, 3.63) is 23.8 Å². The van der Waals surface area contributed by atoms with Crippen molar-refractivity contribution in [1.29, 1.82) is 0 Å². The van der Waals surface area contributed by atoms with Crippen LogP contribution in [0.5, 0.6) is 5.75 Å². The quantitative estimate of drug-likeness (QED) is 0.749. The molecule has 1 atom stereocenters. The predicted octanol–water partition coefficient (Wildman–Crippen LogP) is 1.54. The van der Waals surface area contributed by atoms with Gasteiger partial charge >= 0.3 is 0 Å². The van der Waals surface area contributed by atoms with Gasteiger partial charge in [-0.3, -0.25) is 4.31 Å². The predicted molar refractivity (Wildman–Crippen MR) is 63.5 cm³/mol. The average Bonchev–Trinajstić information content (AvgIpc) is 2.14. The van der Waals surface area contributed by atoms with Gasteiger partial charge in [-0.2, -0.15) is 0 Å². The molecule has 0 fully saturated rings. The van der Waals surface area contributed by atoms with Crippen molar-refractivity contribution in [2.75, 3.05) is 17.1 Å². The zero-order valence-electron chi connectivity index (χ0n) is 9.60. The molecule has 16 heavy (non-hydrogen) atoms. The standard InChI is InChI=1S/C11H15NO3S/c1-8-4-5-10-11(6-8)15-9(2)7-12(10)16(3,13)14/h4-6,9H,7H2,1-3H3. The molecule has 1 heterocycles. The van der Waals surface area contributed by atoms with Crippen LogP contribution in [0.4, 0.5) is 5.69 Å². The minimum atomic E-state index is -3.23. The molecular formula is C11H15NO3S. The van der Waals surface area contributed by atoms with E-state index in [1.807, 2.05) is 26.0 Å². The lowest BCUT2D eigenvalue weighted by Crippen LogP contribution is -2.41. The van der Waals surface area contributed by atoms with E-state index >= 15 is 0 Å². The fourth-order valence-electron chi connectivity index (χ4n) is 1.82. The number of hydrogen-bond acceptors (Lipinski definition) is 3. The number of nitrogens with zero attached hydrogens (tertiary/aromatic N) is 1. The van der Waals surface area contributed by atoms with Crippen molar-refractivity contribution in [2.24, 2.45) is 0 Å². The minimum Gasteiger partial charge on any atom is -0.487 e. The van der Waals surface area contributed by atoms with Crippen LogP contribution in [0.1, 0.15) is 12.5 Å². The highest BCUT2D eigenvalue weighted by Gasteiger charge is 2.28. The van der Waals surface area contributed by atoms with Crippen molar-refractivity contribution in [3.63, 3.8) is 0 Å². The van der Waals surface area contributed by atoms with E-state index in [9.17, 15) is 8.42 Å². The van der Waals surface area contributed by atoms with Gasteiger partial charge in [0.2, 0.25) is 10.0 Å². The summed E-state index contributed by atoms with van der Waals surface area (Å²) in [5.41, 5.74) is 1.69. The Morgan fingerprint density at radius 2 is 2.12 bits per heavy atom. The largest absolute Gasteiger partial charge is 0.487 e. The number of fused-ring (bicyclic) bond motifs is 1. The molecule has 1 aliphatic rings. The summed E-state index contributed by atoms with van der Waals surface area (Å²) in [5.74, 6) is 0.643. The summed E-state index contributed by atoms with van der Waals surface area (Å²) in [4.78, 5) is 0. The Labute approximate surface area is 95.9 Å². The van der Waals surface area contributed by atoms with Gasteiger partial charge < -0.3 is 4.74 Å². The first-order valence-electron chi connectivity index (χ1n) is 5.13. The van der Waals surface area contributed by atoms with E-state index in [1.165, 1.54) is 10.6 Å². The van der Waals surface area contributed by atoms with Crippen molar-refractivity contribution in [2.45, 2.75) is 20.0 Å². The molecule has 0 amide bonds. The van der Waals surface area contributed by atoms with Gasteiger partial charge in [-0.25, -0.2) is 8.42 Å². The number of sulfonamides is 1. The van der Waals surface area contributed by atoms with Gasteiger partial charge in [-0.15, -0.1) is 0 Å². The Morgan fingerprint density at radius 3 is 2.75 bits per heavy atom. The van der Waals surface area contributed by atoms with Crippen LogP contribution in [-0.4, -0.2) is 27.3 Å². The van der Waals surface area contributed by atoms with Gasteiger partial charge in [0.25, 0.3) is 0 Å². The molecule has 0 saturated carbocycles. The molecule has 0 spiro atoms. The molecule has 0 aliphatic carbocycles. The Balaban J connectivity index is 2.54. The second-order valence-corrected chi connectivity index (χ2v) is 6.10. The zero-order chi connectivity index (χ0) is 11.9. The number of benzene rings is 1. The highest BCUT2D eigenvalue weighted by molar-refractivity contribution is 7.92. The number of ether oxygens (including phenoxy) is 1. The first-order valence-corrected chi connectivity index (χ1v) is 6.98. The average molecular weight is 241 g/mol.